The topological polar surface area (TPSA) is 83.6 Å². The molecule has 8 heteroatoms. The van der Waals surface area contributed by atoms with Crippen LogP contribution >= 0.6 is 0 Å². The fourth-order valence-corrected chi connectivity index (χ4v) is 6.13. The molecule has 1 N–H and O–H groups in total. The van der Waals surface area contributed by atoms with Crippen LogP contribution in [0, 0.1) is 0 Å². The van der Waals surface area contributed by atoms with E-state index in [1.165, 1.54) is 35.0 Å². The molecule has 0 unspecified atom stereocenters. The van der Waals surface area contributed by atoms with Crippen LogP contribution in [-0.4, -0.2) is 40.3 Å². The second-order valence-electron chi connectivity index (χ2n) is 6.72. The molecule has 26 heavy (non-hydrogen) atoms. The van der Waals surface area contributed by atoms with Gasteiger partial charge in [0, 0.05) is 19.1 Å². The van der Waals surface area contributed by atoms with E-state index in [1.54, 1.807) is 13.8 Å². The van der Waals surface area contributed by atoms with Crippen LogP contribution in [0.15, 0.2) is 34.1 Å². The van der Waals surface area contributed by atoms with Crippen LogP contribution in [0.2, 0.25) is 0 Å². The van der Waals surface area contributed by atoms with Crippen molar-refractivity contribution in [3.05, 3.63) is 24.3 Å². The monoisotopic (exact) mass is 402 g/mol. The maximum Gasteiger partial charge on any atom is 0.243 e. The zero-order valence-electron chi connectivity index (χ0n) is 15.6. The zero-order chi connectivity index (χ0) is 19.2. The van der Waals surface area contributed by atoms with Crippen LogP contribution in [0.3, 0.4) is 0 Å². The van der Waals surface area contributed by atoms with Gasteiger partial charge < -0.3 is 0 Å². The summed E-state index contributed by atoms with van der Waals surface area (Å²) in [6.45, 7) is 4.31. The summed E-state index contributed by atoms with van der Waals surface area (Å²) in [6, 6.07) is 5.46. The molecule has 1 aromatic rings. The van der Waals surface area contributed by atoms with Crippen molar-refractivity contribution in [3.63, 3.8) is 0 Å². The average molecular weight is 403 g/mol. The lowest BCUT2D eigenvalue weighted by Crippen LogP contribution is -2.35. The first-order chi connectivity index (χ1) is 12.3. The molecule has 148 valence electrons. The van der Waals surface area contributed by atoms with Gasteiger partial charge in [0.1, 0.15) is 0 Å². The molecule has 0 atom stereocenters. The average Bonchev–Trinajstić information content (AvgIpc) is 2.58. The summed E-state index contributed by atoms with van der Waals surface area (Å²) in [4.78, 5) is 0.226. The Morgan fingerprint density at radius 1 is 0.846 bits per heavy atom. The van der Waals surface area contributed by atoms with Gasteiger partial charge in [-0.05, 0) is 37.1 Å². The summed E-state index contributed by atoms with van der Waals surface area (Å²) in [5.41, 5.74) is 0. The molecule has 1 fully saturated rings. The maximum atomic E-state index is 12.6. The van der Waals surface area contributed by atoms with Gasteiger partial charge in [0.15, 0.2) is 0 Å². The third-order valence-corrected chi connectivity index (χ3v) is 8.50. The van der Waals surface area contributed by atoms with Gasteiger partial charge >= 0.3 is 0 Å². The van der Waals surface area contributed by atoms with Gasteiger partial charge in [-0.2, -0.15) is 4.31 Å². The largest absolute Gasteiger partial charge is 0.243 e. The number of rotatable bonds is 7. The van der Waals surface area contributed by atoms with E-state index < -0.39 is 20.0 Å². The van der Waals surface area contributed by atoms with Crippen LogP contribution in [0.4, 0.5) is 0 Å². The Hall–Kier alpha value is -0.960. The molecule has 0 aromatic heterocycles. The Morgan fingerprint density at radius 3 is 1.81 bits per heavy atom. The summed E-state index contributed by atoms with van der Waals surface area (Å²) in [5, 5.41) is 0. The minimum Gasteiger partial charge on any atom is -0.208 e. The molecule has 1 saturated carbocycles. The molecule has 6 nitrogen and oxygen atoms in total. The third-order valence-electron chi connectivity index (χ3n) is 4.90. The Kier molecular flexibility index (Phi) is 7.63. The van der Waals surface area contributed by atoms with Gasteiger partial charge in [0.25, 0.3) is 0 Å². The quantitative estimate of drug-likeness (QED) is 0.759. The summed E-state index contributed by atoms with van der Waals surface area (Å²) in [5.74, 6) is 0. The highest BCUT2D eigenvalue weighted by Gasteiger charge is 2.24. The Bertz CT molecular complexity index is 762. The minimum atomic E-state index is -3.64. The van der Waals surface area contributed by atoms with Crippen molar-refractivity contribution < 1.29 is 16.8 Å². The molecule has 0 spiro atoms. The fourth-order valence-electron chi connectivity index (χ4n) is 3.36. The number of hydrogen-bond donors (Lipinski definition) is 1. The molecule has 0 bridgehead atoms. The van der Waals surface area contributed by atoms with Crippen molar-refractivity contribution in [2.75, 3.05) is 13.1 Å². The Balaban J connectivity index is 2.15. The zero-order valence-corrected chi connectivity index (χ0v) is 17.3. The highest BCUT2D eigenvalue weighted by molar-refractivity contribution is 7.89. The summed E-state index contributed by atoms with van der Waals surface area (Å²) >= 11 is 0. The maximum absolute atomic E-state index is 12.6. The Morgan fingerprint density at radius 2 is 1.31 bits per heavy atom. The van der Waals surface area contributed by atoms with Crippen LogP contribution in [-0.2, 0) is 20.0 Å². The molecule has 0 amide bonds. The highest BCUT2D eigenvalue weighted by Crippen LogP contribution is 2.21. The molecule has 1 aliphatic rings. The van der Waals surface area contributed by atoms with Gasteiger partial charge in [-0.15, -0.1) is 0 Å². The first-order valence-corrected chi connectivity index (χ1v) is 12.4. The first-order valence-electron chi connectivity index (χ1n) is 9.43. The van der Waals surface area contributed by atoms with E-state index in [-0.39, 0.29) is 15.8 Å². The molecule has 0 radical (unpaired) electrons. The highest BCUT2D eigenvalue weighted by atomic mass is 32.2. The summed E-state index contributed by atoms with van der Waals surface area (Å²) in [7, 11) is -7.22. The lowest BCUT2D eigenvalue weighted by Gasteiger charge is -2.21. The van der Waals surface area contributed by atoms with Crippen LogP contribution < -0.4 is 4.72 Å². The van der Waals surface area contributed by atoms with E-state index in [4.69, 9.17) is 0 Å². The van der Waals surface area contributed by atoms with Gasteiger partial charge in [-0.3, -0.25) is 0 Å². The van der Waals surface area contributed by atoms with E-state index in [2.05, 4.69) is 4.72 Å². The van der Waals surface area contributed by atoms with Gasteiger partial charge in [-0.1, -0.05) is 46.0 Å². The minimum absolute atomic E-state index is 0.0422. The molecular formula is C18H30N2O4S2. The standard InChI is InChI=1S/C18H30N2O4S2/c1-3-20(4-2)26(23,24)18-14-12-17(13-15-18)25(21,22)19-16-10-8-6-5-7-9-11-16/h12-16,19H,3-11H2,1-2H3. The van der Waals surface area contributed by atoms with Gasteiger partial charge in [0.2, 0.25) is 20.0 Å². The van der Waals surface area contributed by atoms with E-state index in [1.807, 2.05) is 0 Å². The van der Waals surface area contributed by atoms with E-state index in [9.17, 15) is 16.8 Å². The Labute approximate surface area is 158 Å². The van der Waals surface area contributed by atoms with Crippen molar-refractivity contribution in [2.45, 2.75) is 74.6 Å². The lowest BCUT2D eigenvalue weighted by atomic mass is 9.97. The third kappa shape index (κ3) is 5.28. The number of benzene rings is 1. The number of nitrogens with one attached hydrogen (secondary N) is 1. The normalized spacial score (nSPS) is 17.8. The second-order valence-corrected chi connectivity index (χ2v) is 10.4. The van der Waals surface area contributed by atoms with Crippen LogP contribution in [0.1, 0.15) is 58.8 Å². The summed E-state index contributed by atoms with van der Waals surface area (Å²) in [6.07, 6.45) is 7.30. The van der Waals surface area contributed by atoms with Gasteiger partial charge in [-0.25, -0.2) is 21.6 Å². The van der Waals surface area contributed by atoms with E-state index in [0.29, 0.717) is 13.1 Å². The lowest BCUT2D eigenvalue weighted by molar-refractivity contribution is 0.426. The van der Waals surface area contributed by atoms with Crippen molar-refractivity contribution >= 4 is 20.0 Å². The van der Waals surface area contributed by atoms with Crippen molar-refractivity contribution in [3.8, 4) is 0 Å². The number of sulfonamides is 2. The molecule has 0 heterocycles. The van der Waals surface area contributed by atoms with Crippen molar-refractivity contribution in [2.24, 2.45) is 0 Å². The predicted octanol–water partition coefficient (Wildman–Crippen LogP) is 3.11. The smallest absolute Gasteiger partial charge is 0.208 e. The SMILES string of the molecule is CCN(CC)S(=O)(=O)c1ccc(S(=O)(=O)NC2CCCCCCC2)cc1. The van der Waals surface area contributed by atoms with Crippen LogP contribution in [0.25, 0.3) is 0 Å². The predicted molar refractivity (Wildman–Crippen MR) is 103 cm³/mol. The van der Waals surface area contributed by atoms with E-state index >= 15 is 0 Å². The van der Waals surface area contributed by atoms with Crippen LogP contribution in [0.5, 0.6) is 0 Å². The molecule has 1 aliphatic carbocycles. The molecule has 0 saturated heterocycles. The second kappa shape index (κ2) is 9.30. The molecular weight excluding hydrogens is 372 g/mol. The first kappa shape index (κ1) is 21.3. The number of hydrogen-bond acceptors (Lipinski definition) is 4. The van der Waals surface area contributed by atoms with Crippen molar-refractivity contribution in [1.82, 2.24) is 9.03 Å². The fraction of sp³-hybridized carbons (Fsp3) is 0.667. The number of nitrogens with zero attached hydrogens (tertiary/aromatic N) is 1. The molecule has 0 aliphatic heterocycles. The van der Waals surface area contributed by atoms with Crippen molar-refractivity contribution in [1.29, 1.82) is 0 Å². The molecule has 2 rings (SSSR count). The van der Waals surface area contributed by atoms with Gasteiger partial charge in [0.05, 0.1) is 9.79 Å². The molecule has 1 aromatic carbocycles. The summed E-state index contributed by atoms with van der Waals surface area (Å²) < 4.78 is 54.4. The van der Waals surface area contributed by atoms with E-state index in [0.717, 1.165) is 38.5 Å².